The van der Waals surface area contributed by atoms with E-state index in [1.807, 2.05) is 18.3 Å². The second-order valence-electron chi connectivity index (χ2n) is 3.75. The lowest BCUT2D eigenvalue weighted by Gasteiger charge is -2.18. The van der Waals surface area contributed by atoms with E-state index in [-0.39, 0.29) is 0 Å². The van der Waals surface area contributed by atoms with Crippen molar-refractivity contribution in [3.05, 3.63) is 42.2 Å². The summed E-state index contributed by atoms with van der Waals surface area (Å²) in [4.78, 5) is 4.39. The van der Waals surface area contributed by atoms with E-state index in [2.05, 4.69) is 33.1 Å². The van der Waals surface area contributed by atoms with E-state index in [4.69, 9.17) is 0 Å². The number of hydrogen-bond acceptors (Lipinski definition) is 2. The molecule has 0 unspecified atom stereocenters. The van der Waals surface area contributed by atoms with Crippen molar-refractivity contribution in [3.8, 4) is 11.4 Å². The third-order valence-corrected chi connectivity index (χ3v) is 2.82. The van der Waals surface area contributed by atoms with Crippen molar-refractivity contribution in [2.45, 2.75) is 13.1 Å². The van der Waals surface area contributed by atoms with Gasteiger partial charge >= 0.3 is 0 Å². The lowest BCUT2D eigenvalue weighted by atomic mass is 10.3. The zero-order valence-electron chi connectivity index (χ0n) is 8.48. The van der Waals surface area contributed by atoms with E-state index in [0.717, 1.165) is 25.3 Å². The summed E-state index contributed by atoms with van der Waals surface area (Å²) in [5.41, 5.74) is 3.64. The van der Waals surface area contributed by atoms with E-state index < -0.39 is 0 Å². The Kier molecular flexibility index (Phi) is 2.03. The molecule has 0 saturated carbocycles. The summed E-state index contributed by atoms with van der Waals surface area (Å²) in [7, 11) is 0. The first kappa shape index (κ1) is 8.68. The molecule has 0 amide bonds. The Bertz CT molecular complexity index is 459. The van der Waals surface area contributed by atoms with Crippen LogP contribution in [0.25, 0.3) is 11.4 Å². The molecule has 1 N–H and O–H groups in total. The fourth-order valence-electron chi connectivity index (χ4n) is 2.07. The Morgan fingerprint density at radius 2 is 2.20 bits per heavy atom. The maximum atomic E-state index is 4.39. The van der Waals surface area contributed by atoms with Gasteiger partial charge in [0.05, 0.1) is 11.4 Å². The molecule has 0 atom stereocenters. The highest BCUT2D eigenvalue weighted by Gasteiger charge is 2.13. The normalized spacial score (nSPS) is 14.9. The van der Waals surface area contributed by atoms with Gasteiger partial charge in [0.1, 0.15) is 0 Å². The number of fused-ring (bicyclic) bond motifs is 1. The van der Waals surface area contributed by atoms with Crippen LogP contribution in [-0.4, -0.2) is 16.1 Å². The zero-order valence-corrected chi connectivity index (χ0v) is 8.48. The third kappa shape index (κ3) is 1.45. The van der Waals surface area contributed by atoms with E-state index in [9.17, 15) is 0 Å². The fraction of sp³-hybridized carbons (Fsp3) is 0.250. The van der Waals surface area contributed by atoms with Crippen molar-refractivity contribution in [3.63, 3.8) is 0 Å². The maximum absolute atomic E-state index is 4.39. The second-order valence-corrected chi connectivity index (χ2v) is 3.75. The molecule has 0 bridgehead atoms. The topological polar surface area (TPSA) is 29.9 Å². The minimum Gasteiger partial charge on any atom is -0.341 e. The van der Waals surface area contributed by atoms with Crippen LogP contribution >= 0.6 is 0 Å². The van der Waals surface area contributed by atoms with Crippen LogP contribution in [0.15, 0.2) is 36.5 Å². The summed E-state index contributed by atoms with van der Waals surface area (Å²) in [6.45, 7) is 3.04. The van der Waals surface area contributed by atoms with Crippen LogP contribution in [0.3, 0.4) is 0 Å². The summed E-state index contributed by atoms with van der Waals surface area (Å²) in [6.07, 6.45) is 1.84. The molecule has 0 spiro atoms. The lowest BCUT2D eigenvalue weighted by molar-refractivity contribution is 0.520. The molecule has 0 aliphatic carbocycles. The Morgan fingerprint density at radius 3 is 3.07 bits per heavy atom. The monoisotopic (exact) mass is 199 g/mol. The molecule has 3 rings (SSSR count). The molecule has 0 radical (unpaired) electrons. The first-order valence-electron chi connectivity index (χ1n) is 5.26. The second kappa shape index (κ2) is 3.51. The van der Waals surface area contributed by atoms with Gasteiger partial charge < -0.3 is 9.88 Å². The van der Waals surface area contributed by atoms with Gasteiger partial charge in [0.15, 0.2) is 0 Å². The van der Waals surface area contributed by atoms with E-state index in [0.29, 0.717) is 0 Å². The molecular weight excluding hydrogens is 186 g/mol. The first-order chi connectivity index (χ1) is 7.45. The van der Waals surface area contributed by atoms with Gasteiger partial charge in [0.25, 0.3) is 0 Å². The van der Waals surface area contributed by atoms with Crippen LogP contribution < -0.4 is 5.32 Å². The van der Waals surface area contributed by atoms with Gasteiger partial charge in [0.2, 0.25) is 0 Å². The van der Waals surface area contributed by atoms with Crippen molar-refractivity contribution in [1.82, 2.24) is 14.9 Å². The zero-order chi connectivity index (χ0) is 10.1. The van der Waals surface area contributed by atoms with Gasteiger partial charge in [-0.3, -0.25) is 4.98 Å². The van der Waals surface area contributed by atoms with Crippen molar-refractivity contribution >= 4 is 0 Å². The van der Waals surface area contributed by atoms with Crippen LogP contribution in [0.1, 0.15) is 5.69 Å². The van der Waals surface area contributed by atoms with E-state index in [1.165, 1.54) is 11.4 Å². The highest BCUT2D eigenvalue weighted by atomic mass is 15.1. The summed E-state index contributed by atoms with van der Waals surface area (Å²) < 4.78 is 2.35. The first-order valence-corrected chi connectivity index (χ1v) is 5.26. The molecule has 3 heterocycles. The predicted octanol–water partition coefficient (Wildman–Crippen LogP) is 1.65. The van der Waals surface area contributed by atoms with Crippen molar-refractivity contribution < 1.29 is 0 Å². The van der Waals surface area contributed by atoms with Gasteiger partial charge in [-0.2, -0.15) is 0 Å². The van der Waals surface area contributed by atoms with Crippen molar-refractivity contribution in [2.24, 2.45) is 0 Å². The molecule has 15 heavy (non-hydrogen) atoms. The summed E-state index contributed by atoms with van der Waals surface area (Å²) in [6, 6.07) is 10.4. The molecule has 76 valence electrons. The number of aromatic nitrogens is 2. The molecule has 0 aromatic carbocycles. The van der Waals surface area contributed by atoms with Crippen LogP contribution in [0.5, 0.6) is 0 Å². The SMILES string of the molecule is c1ccc(-c2ccc3n2CCNC3)nc1. The molecule has 2 aromatic rings. The molecule has 1 aliphatic rings. The van der Waals surface area contributed by atoms with Crippen LogP contribution in [0.2, 0.25) is 0 Å². The van der Waals surface area contributed by atoms with Gasteiger partial charge in [-0.05, 0) is 24.3 Å². The molecule has 3 nitrogen and oxygen atoms in total. The predicted molar refractivity (Wildman–Crippen MR) is 59.4 cm³/mol. The Balaban J connectivity index is 2.09. The Labute approximate surface area is 88.8 Å². The summed E-state index contributed by atoms with van der Waals surface area (Å²) in [5, 5.41) is 3.36. The molecule has 0 fully saturated rings. The van der Waals surface area contributed by atoms with Gasteiger partial charge in [-0.1, -0.05) is 6.07 Å². The fourth-order valence-corrected chi connectivity index (χ4v) is 2.07. The van der Waals surface area contributed by atoms with E-state index >= 15 is 0 Å². The minimum absolute atomic E-state index is 0.965. The van der Waals surface area contributed by atoms with Crippen molar-refractivity contribution in [2.75, 3.05) is 6.54 Å². The Hall–Kier alpha value is -1.61. The molecule has 3 heteroatoms. The molecule has 1 aliphatic heterocycles. The quantitative estimate of drug-likeness (QED) is 0.757. The van der Waals surface area contributed by atoms with E-state index in [1.54, 1.807) is 0 Å². The number of rotatable bonds is 1. The average molecular weight is 199 g/mol. The average Bonchev–Trinajstić information content (AvgIpc) is 2.74. The molecular formula is C12H13N3. The minimum atomic E-state index is 0.965. The van der Waals surface area contributed by atoms with Gasteiger partial charge in [-0.15, -0.1) is 0 Å². The lowest BCUT2D eigenvalue weighted by Crippen LogP contribution is -2.27. The highest BCUT2D eigenvalue weighted by molar-refractivity contribution is 5.56. The molecule has 0 saturated heterocycles. The van der Waals surface area contributed by atoms with Crippen LogP contribution in [0, 0.1) is 0 Å². The van der Waals surface area contributed by atoms with Crippen LogP contribution in [-0.2, 0) is 13.1 Å². The smallest absolute Gasteiger partial charge is 0.0866 e. The largest absolute Gasteiger partial charge is 0.341 e. The van der Waals surface area contributed by atoms with Crippen molar-refractivity contribution in [1.29, 1.82) is 0 Å². The standard InChI is InChI=1S/C12H13N3/c1-2-6-14-11(3-1)12-5-4-10-9-13-7-8-15(10)12/h1-6,13H,7-9H2. The summed E-state index contributed by atoms with van der Waals surface area (Å²) in [5.74, 6) is 0. The number of hydrogen-bond donors (Lipinski definition) is 1. The number of nitrogens with zero attached hydrogens (tertiary/aromatic N) is 2. The Morgan fingerprint density at radius 1 is 1.20 bits per heavy atom. The van der Waals surface area contributed by atoms with Crippen LogP contribution in [0.4, 0.5) is 0 Å². The summed E-state index contributed by atoms with van der Waals surface area (Å²) >= 11 is 0. The number of nitrogens with one attached hydrogen (secondary N) is 1. The third-order valence-electron chi connectivity index (χ3n) is 2.82. The highest BCUT2D eigenvalue weighted by Crippen LogP contribution is 2.21. The van der Waals surface area contributed by atoms with Gasteiger partial charge in [0, 0.05) is 31.5 Å². The maximum Gasteiger partial charge on any atom is 0.0866 e. The molecule has 2 aromatic heterocycles. The number of pyridine rings is 1. The van der Waals surface area contributed by atoms with Gasteiger partial charge in [-0.25, -0.2) is 0 Å².